The fraction of sp³-hybridized carbons (Fsp3) is 0.759. The Labute approximate surface area is 409 Å². The van der Waals surface area contributed by atoms with Gasteiger partial charge in [0.25, 0.3) is 0 Å². The molecule has 1 aliphatic heterocycles. The topological polar surface area (TPSA) is 123 Å². The number of ether oxygens (including phenoxy) is 3. The molecule has 0 spiro atoms. The molecule has 6 fully saturated rings. The monoisotopic (exact) mass is 941 g/mol. The Morgan fingerprint density at radius 1 is 0.809 bits per heavy atom. The maximum absolute atomic E-state index is 15.3. The first-order chi connectivity index (χ1) is 32.1. The average Bonchev–Trinajstić information content (AvgIpc) is 3.70. The molecule has 0 unspecified atom stereocenters. The molecule has 5 saturated carbocycles. The van der Waals surface area contributed by atoms with E-state index in [1.807, 2.05) is 29.2 Å². The third kappa shape index (κ3) is 9.42. The summed E-state index contributed by atoms with van der Waals surface area (Å²) >= 11 is 0. The van der Waals surface area contributed by atoms with Gasteiger partial charge >= 0.3 is 11.9 Å². The highest BCUT2D eigenvalue weighted by Crippen LogP contribution is 2.78. The first-order valence-corrected chi connectivity index (χ1v) is 26.7. The molecular formula is C58H88N2O8. The third-order valence-electron chi connectivity index (χ3n) is 20.1. The van der Waals surface area contributed by atoms with Crippen LogP contribution in [0.25, 0.3) is 6.08 Å². The van der Waals surface area contributed by atoms with Gasteiger partial charge in [-0.1, -0.05) is 91.9 Å². The number of carbonyl (C=O) groups excluding carboxylic acids is 3. The van der Waals surface area contributed by atoms with Crippen LogP contribution in [0.3, 0.4) is 0 Å². The minimum absolute atomic E-state index is 0.0433. The van der Waals surface area contributed by atoms with Crippen LogP contribution in [0.4, 0.5) is 0 Å². The molecule has 1 saturated heterocycles. The van der Waals surface area contributed by atoms with Crippen LogP contribution < -0.4 is 9.47 Å². The van der Waals surface area contributed by atoms with Gasteiger partial charge in [-0.3, -0.25) is 19.2 Å². The second kappa shape index (κ2) is 20.1. The molecule has 1 aromatic rings. The van der Waals surface area contributed by atoms with Crippen LogP contribution in [0.5, 0.6) is 11.5 Å². The molecule has 1 aromatic carbocycles. The van der Waals surface area contributed by atoms with Crippen molar-refractivity contribution in [2.75, 3.05) is 39.9 Å². The number of nitrogens with zero attached hydrogens (tertiary/aromatic N) is 2. The summed E-state index contributed by atoms with van der Waals surface area (Å²) in [6.45, 7) is 27.3. The fourth-order valence-corrected chi connectivity index (χ4v) is 16.0. The van der Waals surface area contributed by atoms with Gasteiger partial charge in [-0.15, -0.1) is 0 Å². The second-order valence-corrected chi connectivity index (χ2v) is 24.5. The van der Waals surface area contributed by atoms with Crippen molar-refractivity contribution < 1.29 is 38.5 Å². The van der Waals surface area contributed by atoms with E-state index in [1.165, 1.54) is 31.3 Å². The van der Waals surface area contributed by atoms with Gasteiger partial charge in [0.1, 0.15) is 6.10 Å². The number of allylic oxidation sites excluding steroid dienone is 1. The fourth-order valence-electron chi connectivity index (χ4n) is 16.0. The van der Waals surface area contributed by atoms with Crippen molar-refractivity contribution >= 4 is 29.8 Å². The summed E-state index contributed by atoms with van der Waals surface area (Å²) in [5, 5.41) is 9.69. The molecule has 1 heterocycles. The van der Waals surface area contributed by atoms with E-state index >= 15 is 4.79 Å². The highest BCUT2D eigenvalue weighted by atomic mass is 16.5. The number of amides is 2. The van der Waals surface area contributed by atoms with Gasteiger partial charge in [-0.2, -0.15) is 0 Å². The zero-order valence-corrected chi connectivity index (χ0v) is 43.8. The Morgan fingerprint density at radius 3 is 2.18 bits per heavy atom. The van der Waals surface area contributed by atoms with E-state index in [0.29, 0.717) is 68.1 Å². The van der Waals surface area contributed by atoms with Crippen molar-refractivity contribution in [1.82, 2.24) is 9.80 Å². The predicted molar refractivity (Wildman–Crippen MR) is 269 cm³/mol. The van der Waals surface area contributed by atoms with Crippen LogP contribution in [-0.2, 0) is 23.9 Å². The highest BCUT2D eigenvalue weighted by molar-refractivity contribution is 5.92. The van der Waals surface area contributed by atoms with Crippen molar-refractivity contribution in [1.29, 1.82) is 0 Å². The summed E-state index contributed by atoms with van der Waals surface area (Å²) in [4.78, 5) is 57.9. The van der Waals surface area contributed by atoms with Crippen molar-refractivity contribution in [2.45, 2.75) is 178 Å². The van der Waals surface area contributed by atoms with E-state index in [2.05, 4.69) is 59.9 Å². The number of esters is 1. The van der Waals surface area contributed by atoms with Crippen LogP contribution >= 0.6 is 0 Å². The Bertz CT molecular complexity index is 2070. The summed E-state index contributed by atoms with van der Waals surface area (Å²) < 4.78 is 17.9. The molecule has 10 heteroatoms. The summed E-state index contributed by atoms with van der Waals surface area (Å²) in [5.74, 6) is 2.12. The van der Waals surface area contributed by atoms with Crippen LogP contribution in [-0.4, -0.2) is 84.7 Å². The zero-order chi connectivity index (χ0) is 49.5. The molecule has 6 aliphatic rings. The van der Waals surface area contributed by atoms with Crippen molar-refractivity contribution in [2.24, 2.45) is 62.1 Å². The number of rotatable bonds is 17. The van der Waals surface area contributed by atoms with E-state index in [0.717, 1.165) is 88.4 Å². The van der Waals surface area contributed by atoms with Crippen molar-refractivity contribution in [3.8, 4) is 11.5 Å². The average molecular weight is 941 g/mol. The minimum atomic E-state index is -1.17. The molecule has 0 aromatic heterocycles. The Balaban J connectivity index is 1.000. The molecule has 2 amide bonds. The zero-order valence-electron chi connectivity index (χ0n) is 43.8. The number of fused-ring (bicyclic) bond motifs is 7. The lowest BCUT2D eigenvalue weighted by molar-refractivity contribution is -0.250. The van der Waals surface area contributed by atoms with Gasteiger partial charge in [0.2, 0.25) is 11.8 Å². The summed E-state index contributed by atoms with van der Waals surface area (Å²) in [5.41, 5.74) is 0.502. The van der Waals surface area contributed by atoms with Gasteiger partial charge in [-0.25, -0.2) is 0 Å². The molecule has 10 nitrogen and oxygen atoms in total. The highest BCUT2D eigenvalue weighted by Gasteiger charge is 2.72. The number of unbranched alkanes of at least 4 members (excludes halogenated alkanes) is 5. The van der Waals surface area contributed by atoms with E-state index < -0.39 is 22.8 Å². The molecule has 5 aliphatic carbocycles. The van der Waals surface area contributed by atoms with Crippen LogP contribution in [0.15, 0.2) is 36.4 Å². The van der Waals surface area contributed by atoms with E-state index in [9.17, 15) is 19.5 Å². The number of aliphatic carboxylic acids is 1. The number of carbonyl (C=O) groups is 4. The third-order valence-corrected chi connectivity index (χ3v) is 20.1. The maximum Gasteiger partial charge on any atom is 0.309 e. The van der Waals surface area contributed by atoms with Gasteiger partial charge in [0, 0.05) is 37.7 Å². The largest absolute Gasteiger partial charge is 0.493 e. The normalized spacial score (nSPS) is 34.3. The number of benzene rings is 1. The van der Waals surface area contributed by atoms with Crippen molar-refractivity contribution in [3.63, 3.8) is 0 Å². The molecule has 0 radical (unpaired) electrons. The van der Waals surface area contributed by atoms with E-state index in [1.54, 1.807) is 27.0 Å². The number of carboxylic acids is 1. The molecular weight excluding hydrogens is 853 g/mol. The molecule has 1 N–H and O–H groups in total. The quantitative estimate of drug-likeness (QED) is 0.0709. The number of hydrogen-bond donors (Lipinski definition) is 1. The van der Waals surface area contributed by atoms with Gasteiger partial charge in [-0.05, 0) is 161 Å². The van der Waals surface area contributed by atoms with Crippen LogP contribution in [0, 0.1) is 62.1 Å². The summed E-state index contributed by atoms with van der Waals surface area (Å²) in [6.07, 6.45) is 20.4. The van der Waals surface area contributed by atoms with Gasteiger partial charge in [0.05, 0.1) is 31.0 Å². The van der Waals surface area contributed by atoms with Crippen molar-refractivity contribution in [3.05, 3.63) is 42.0 Å². The minimum Gasteiger partial charge on any atom is -0.493 e. The molecule has 7 rings (SSSR count). The lowest BCUT2D eigenvalue weighted by Gasteiger charge is -2.73. The van der Waals surface area contributed by atoms with Crippen LogP contribution in [0.1, 0.15) is 177 Å². The Morgan fingerprint density at radius 2 is 1.50 bits per heavy atom. The molecule has 68 heavy (non-hydrogen) atoms. The second-order valence-electron chi connectivity index (χ2n) is 24.5. The number of carboxylic acid groups (broad SMARTS) is 1. The predicted octanol–water partition coefficient (Wildman–Crippen LogP) is 12.2. The Hall–Kier alpha value is -3.82. The first-order valence-electron chi connectivity index (χ1n) is 26.7. The van der Waals surface area contributed by atoms with E-state index in [-0.39, 0.29) is 46.0 Å². The van der Waals surface area contributed by atoms with Gasteiger partial charge in [0.15, 0.2) is 11.5 Å². The lowest BCUT2D eigenvalue weighted by Crippen LogP contribution is -2.68. The number of piperazine rings is 1. The molecule has 0 bridgehead atoms. The standard InChI is InChI=1S/C58H88N2O8/c1-12-13-14-15-16-17-36-67-43-21-18-40(37-44(43)66-11)19-23-48(61)59-32-34-60(35-33-59)51(63)58-29-24-41(39(2)3)50(58)42-20-22-46-55(8)27-26-47(68-49(62)38-53(4,5)52(64)65)54(6,7)45(55)25-28-57(46,10)56(42,9)30-31-58/h18-19,21,23,37,41-42,45-47,50H,2,12-17,20,22,24-36,38H2,1,3-11H3,(H,64,65)/b23-19+/t41-,42+,45-,46+,47-,50+,55-,56+,57+,58-/m0/s1. The number of hydrogen-bond acceptors (Lipinski definition) is 7. The smallest absolute Gasteiger partial charge is 0.309 e. The van der Waals surface area contributed by atoms with Crippen LogP contribution in [0.2, 0.25) is 0 Å². The summed E-state index contributed by atoms with van der Waals surface area (Å²) in [7, 11) is 1.65. The SMILES string of the molecule is C=C(C)[C@@H]1CC[C@]2(C(=O)N3CCN(C(=O)/C=C/c4ccc(OCCCCCCCC)c(OC)c4)CC3)CC[C@]3(C)[C@H](CC[C@@H]4[C@@]5(C)CC[C@H](OC(=O)CC(C)(C)C(=O)O)C(C)(C)[C@@H]5CC[C@]43C)[C@@H]12. The molecule has 10 atom stereocenters. The maximum atomic E-state index is 15.3. The van der Waals surface area contributed by atoms with Gasteiger partial charge < -0.3 is 29.1 Å². The first kappa shape index (κ1) is 52.0. The summed E-state index contributed by atoms with van der Waals surface area (Å²) in [6, 6.07) is 5.81. The Kier molecular flexibility index (Phi) is 15.4. The van der Waals surface area contributed by atoms with E-state index in [4.69, 9.17) is 14.2 Å². The molecule has 378 valence electrons. The number of methoxy groups -OCH3 is 1. The lowest BCUT2D eigenvalue weighted by atomic mass is 9.32.